The lowest BCUT2D eigenvalue weighted by Gasteiger charge is -2.58. The highest BCUT2D eigenvalue weighted by atomic mass is 16.3. The van der Waals surface area contributed by atoms with Gasteiger partial charge in [0.1, 0.15) is 6.07 Å². The van der Waals surface area contributed by atoms with Gasteiger partial charge in [0.15, 0.2) is 0 Å². The molecule has 1 aromatic rings. The first-order valence-corrected chi connectivity index (χ1v) is 13.1. The number of aliphatic hydroxyl groups is 2. The van der Waals surface area contributed by atoms with Crippen LogP contribution in [-0.2, 0) is 6.54 Å². The lowest BCUT2D eigenvalue weighted by molar-refractivity contribution is -0.129. The number of hydrogen-bond donors (Lipinski definition) is 2. The zero-order valence-corrected chi connectivity index (χ0v) is 20.1. The van der Waals surface area contributed by atoms with Crippen LogP contribution in [0.3, 0.4) is 0 Å². The summed E-state index contributed by atoms with van der Waals surface area (Å²) in [5.41, 5.74) is -0.501. The molecule has 0 saturated heterocycles. The van der Waals surface area contributed by atoms with E-state index >= 15 is 0 Å². The van der Waals surface area contributed by atoms with E-state index < -0.39 is 11.2 Å². The summed E-state index contributed by atoms with van der Waals surface area (Å²) < 4.78 is 1.75. The first-order chi connectivity index (χ1) is 15.2. The largest absolute Gasteiger partial charge is 0.390 e. The van der Waals surface area contributed by atoms with Crippen LogP contribution in [0.1, 0.15) is 90.5 Å². The van der Waals surface area contributed by atoms with Crippen LogP contribution in [0.2, 0.25) is 0 Å². The highest BCUT2D eigenvalue weighted by Gasteiger charge is 2.60. The van der Waals surface area contributed by atoms with Crippen molar-refractivity contribution >= 4 is 0 Å². The molecule has 0 aromatic carbocycles. The molecule has 4 aliphatic carbocycles. The van der Waals surface area contributed by atoms with E-state index in [1.54, 1.807) is 17.1 Å². The van der Waals surface area contributed by atoms with Crippen LogP contribution >= 0.6 is 0 Å². The standard InChI is InChI=1S/C27H41N3O2/c1-4-27(32)12-10-20-19(13-27)5-6-22-21(20)9-11-25(2)23(22)7-8-24(25)26(3,31)17-30-16-18(14-28)15-29-30/h15-16,19-24,31-32H,4-13,17H2,1-3H3/t19-,20-,21+,22+,23-,24-,25-,26+,27+/m0/s1. The van der Waals surface area contributed by atoms with Crippen LogP contribution in [-0.4, -0.2) is 31.2 Å². The third kappa shape index (κ3) is 3.53. The molecule has 5 heteroatoms. The Morgan fingerprint density at radius 1 is 1.16 bits per heavy atom. The number of hydrogen-bond acceptors (Lipinski definition) is 4. The van der Waals surface area contributed by atoms with E-state index in [-0.39, 0.29) is 11.3 Å². The second-order valence-electron chi connectivity index (χ2n) is 12.3. The third-order valence-electron chi connectivity index (χ3n) is 10.8. The summed E-state index contributed by atoms with van der Waals surface area (Å²) in [5.74, 6) is 4.11. The Morgan fingerprint density at radius 3 is 2.66 bits per heavy atom. The molecule has 2 N–H and O–H groups in total. The molecule has 9 atom stereocenters. The summed E-state index contributed by atoms with van der Waals surface area (Å²) in [6.07, 6.45) is 14.9. The van der Waals surface area contributed by atoms with Gasteiger partial charge in [-0.2, -0.15) is 10.4 Å². The zero-order valence-electron chi connectivity index (χ0n) is 20.1. The minimum atomic E-state index is -0.825. The molecule has 4 saturated carbocycles. The highest BCUT2D eigenvalue weighted by molar-refractivity contribution is 5.21. The first-order valence-electron chi connectivity index (χ1n) is 13.1. The Morgan fingerprint density at radius 2 is 1.94 bits per heavy atom. The number of rotatable bonds is 4. The SMILES string of the molecule is CC[C@@]1(O)CC[C@H]2[C@@H](CC[C@@H]3[C@@H]2CC[C@@]2(C)[C@H]3CC[C@@H]2[C@](C)(O)Cn2cc(C#N)cn2)C1. The van der Waals surface area contributed by atoms with Crippen molar-refractivity contribution in [3.63, 3.8) is 0 Å². The summed E-state index contributed by atoms with van der Waals surface area (Å²) in [5, 5.41) is 36.0. The van der Waals surface area contributed by atoms with Crippen molar-refractivity contribution in [2.24, 2.45) is 40.9 Å². The molecule has 1 aromatic heterocycles. The van der Waals surface area contributed by atoms with Gasteiger partial charge in [-0.15, -0.1) is 0 Å². The average Bonchev–Trinajstić information content (AvgIpc) is 3.36. The Bertz CT molecular complexity index is 888. The molecule has 0 radical (unpaired) electrons. The number of aromatic nitrogens is 2. The number of nitriles is 1. The smallest absolute Gasteiger partial charge is 0.102 e. The second-order valence-corrected chi connectivity index (χ2v) is 12.3. The van der Waals surface area contributed by atoms with E-state index in [4.69, 9.17) is 5.26 Å². The molecule has 4 aliphatic rings. The second kappa shape index (κ2) is 7.84. The predicted octanol–water partition coefficient (Wildman–Crippen LogP) is 4.92. The van der Waals surface area contributed by atoms with Gasteiger partial charge in [-0.25, -0.2) is 0 Å². The maximum atomic E-state index is 11.7. The fraction of sp³-hybridized carbons (Fsp3) is 0.852. The van der Waals surface area contributed by atoms with Crippen LogP contribution in [0.15, 0.2) is 12.4 Å². The van der Waals surface area contributed by atoms with E-state index in [1.165, 1.54) is 38.5 Å². The third-order valence-corrected chi connectivity index (χ3v) is 10.8. The molecule has 0 unspecified atom stereocenters. The van der Waals surface area contributed by atoms with Gasteiger partial charge in [0.2, 0.25) is 0 Å². The van der Waals surface area contributed by atoms with Gasteiger partial charge in [-0.05, 0) is 112 Å². The first kappa shape index (κ1) is 22.4. The summed E-state index contributed by atoms with van der Waals surface area (Å²) in [6.45, 7) is 7.06. The van der Waals surface area contributed by atoms with E-state index in [9.17, 15) is 10.2 Å². The molecule has 1 heterocycles. The maximum absolute atomic E-state index is 11.7. The van der Waals surface area contributed by atoms with Gasteiger partial charge < -0.3 is 10.2 Å². The van der Waals surface area contributed by atoms with Gasteiger partial charge >= 0.3 is 0 Å². The van der Waals surface area contributed by atoms with Crippen LogP contribution in [0.5, 0.6) is 0 Å². The minimum absolute atomic E-state index is 0.182. The van der Waals surface area contributed by atoms with Gasteiger partial charge in [0.25, 0.3) is 0 Å². The summed E-state index contributed by atoms with van der Waals surface area (Å²) in [7, 11) is 0. The molecule has 5 rings (SSSR count). The quantitative estimate of drug-likeness (QED) is 0.698. The predicted molar refractivity (Wildman–Crippen MR) is 123 cm³/mol. The van der Waals surface area contributed by atoms with Gasteiger partial charge in [0.05, 0.1) is 29.5 Å². The molecular weight excluding hydrogens is 398 g/mol. The summed E-state index contributed by atoms with van der Waals surface area (Å²) in [4.78, 5) is 0. The minimum Gasteiger partial charge on any atom is -0.390 e. The molecule has 0 spiro atoms. The van der Waals surface area contributed by atoms with E-state index in [1.807, 2.05) is 6.92 Å². The summed E-state index contributed by atoms with van der Waals surface area (Å²) >= 11 is 0. The van der Waals surface area contributed by atoms with Gasteiger partial charge in [-0.1, -0.05) is 13.8 Å². The lowest BCUT2D eigenvalue weighted by Crippen LogP contribution is -2.53. The van der Waals surface area contributed by atoms with Crippen molar-refractivity contribution in [2.75, 3.05) is 0 Å². The van der Waals surface area contributed by atoms with Crippen molar-refractivity contribution in [1.29, 1.82) is 5.26 Å². The monoisotopic (exact) mass is 439 g/mol. The zero-order chi connectivity index (χ0) is 22.7. The van der Waals surface area contributed by atoms with E-state index in [2.05, 4.69) is 25.0 Å². The molecule has 5 nitrogen and oxygen atoms in total. The number of fused-ring (bicyclic) bond motifs is 5. The molecule has 0 amide bonds. The Balaban J connectivity index is 1.32. The fourth-order valence-electron chi connectivity index (χ4n) is 9.25. The topological polar surface area (TPSA) is 82.1 Å². The normalized spacial score (nSPS) is 45.2. The van der Waals surface area contributed by atoms with Crippen molar-refractivity contribution in [1.82, 2.24) is 9.78 Å². The molecular formula is C27H41N3O2. The molecule has 176 valence electrons. The van der Waals surface area contributed by atoms with Gasteiger partial charge in [0, 0.05) is 6.20 Å². The van der Waals surface area contributed by atoms with Crippen molar-refractivity contribution < 1.29 is 10.2 Å². The Hall–Kier alpha value is -1.38. The van der Waals surface area contributed by atoms with Crippen LogP contribution in [0.25, 0.3) is 0 Å². The molecule has 4 fully saturated rings. The van der Waals surface area contributed by atoms with E-state index in [0.717, 1.165) is 43.4 Å². The van der Waals surface area contributed by atoms with Crippen LogP contribution in [0.4, 0.5) is 0 Å². The van der Waals surface area contributed by atoms with Crippen molar-refractivity contribution in [3.8, 4) is 6.07 Å². The average molecular weight is 440 g/mol. The Labute approximate surface area is 193 Å². The van der Waals surface area contributed by atoms with Crippen molar-refractivity contribution in [2.45, 2.75) is 103 Å². The summed E-state index contributed by atoms with van der Waals surface area (Å²) in [6, 6.07) is 2.14. The molecule has 32 heavy (non-hydrogen) atoms. The number of nitrogens with zero attached hydrogens (tertiary/aromatic N) is 3. The maximum Gasteiger partial charge on any atom is 0.102 e. The Kier molecular flexibility index (Phi) is 5.49. The van der Waals surface area contributed by atoms with Crippen LogP contribution < -0.4 is 0 Å². The van der Waals surface area contributed by atoms with Gasteiger partial charge in [-0.3, -0.25) is 4.68 Å². The van der Waals surface area contributed by atoms with Crippen LogP contribution in [0, 0.1) is 52.3 Å². The van der Waals surface area contributed by atoms with E-state index in [0.29, 0.717) is 23.9 Å². The molecule has 0 aliphatic heterocycles. The fourth-order valence-corrected chi connectivity index (χ4v) is 9.25. The molecule has 0 bridgehead atoms. The van der Waals surface area contributed by atoms with Crippen molar-refractivity contribution in [3.05, 3.63) is 18.0 Å². The lowest BCUT2D eigenvalue weighted by atomic mass is 9.48. The highest BCUT2D eigenvalue weighted by Crippen LogP contribution is 2.66.